The number of oxazole rings is 1. The van der Waals surface area contributed by atoms with Gasteiger partial charge in [0.2, 0.25) is 0 Å². The van der Waals surface area contributed by atoms with Gasteiger partial charge in [0.05, 0.1) is 5.56 Å². The van der Waals surface area contributed by atoms with Crippen LogP contribution in [0.25, 0.3) is 22.5 Å². The molecule has 0 radical (unpaired) electrons. The number of amides is 1. The number of aromatic nitrogens is 3. The number of hydrogen-bond donors (Lipinski definition) is 0. The predicted octanol–water partition coefficient (Wildman–Crippen LogP) is 6.12. The van der Waals surface area contributed by atoms with Gasteiger partial charge in [-0.05, 0) is 62.4 Å². The molecule has 0 spiro atoms. The van der Waals surface area contributed by atoms with E-state index in [1.807, 2.05) is 42.2 Å². The van der Waals surface area contributed by atoms with Crippen LogP contribution >= 0.6 is 11.6 Å². The van der Waals surface area contributed by atoms with Gasteiger partial charge in [-0.2, -0.15) is 0 Å². The summed E-state index contributed by atoms with van der Waals surface area (Å²) in [4.78, 5) is 29.3. The normalized spacial score (nSPS) is 18.4. The summed E-state index contributed by atoms with van der Waals surface area (Å²) in [6, 6.07) is 13.2. The minimum Gasteiger partial charge on any atom is -0.441 e. The molecule has 6 nitrogen and oxygen atoms in total. The number of carbonyl (C=O) groups is 1. The number of hydrogen-bond acceptors (Lipinski definition) is 5. The average molecular weight is 475 g/mol. The van der Waals surface area contributed by atoms with Crippen LogP contribution in [0.2, 0.25) is 5.02 Å². The van der Waals surface area contributed by atoms with E-state index in [-0.39, 0.29) is 11.9 Å². The Kier molecular flexibility index (Phi) is 6.33. The van der Waals surface area contributed by atoms with E-state index in [4.69, 9.17) is 16.0 Å². The third-order valence-electron chi connectivity index (χ3n) is 6.64. The largest absolute Gasteiger partial charge is 0.441 e. The molecule has 2 atom stereocenters. The maximum absolute atomic E-state index is 13.9. The number of aryl methyl sites for hydroxylation is 2. The highest BCUT2D eigenvalue weighted by Crippen LogP contribution is 2.31. The van der Waals surface area contributed by atoms with Crippen LogP contribution in [0, 0.1) is 12.8 Å². The standard InChI is InChI=1S/C27H27ClN4O2/c1-17-6-8-20(26-29-12-4-13-30-26)21(15-17)27(33)32-14-3-5-18(2)23(32)9-11-25-31-22-16-19(28)7-10-24(22)34-25/h4,6-8,10,12-13,15-16,18,23H,3,5,9,11,14H2,1-2H3/t18-,23-/m1/s1. The van der Waals surface area contributed by atoms with E-state index < -0.39 is 0 Å². The highest BCUT2D eigenvalue weighted by atomic mass is 35.5. The zero-order valence-corrected chi connectivity index (χ0v) is 20.1. The first-order chi connectivity index (χ1) is 16.5. The molecule has 2 aromatic heterocycles. The summed E-state index contributed by atoms with van der Waals surface area (Å²) in [7, 11) is 0. The SMILES string of the molecule is Cc1ccc(-c2ncccn2)c(C(=O)N2CCC[C@@H](C)[C@H]2CCc2nc3cc(Cl)ccc3o2)c1. The monoisotopic (exact) mass is 474 g/mol. The van der Waals surface area contributed by atoms with Crippen molar-refractivity contribution >= 4 is 28.6 Å². The van der Waals surface area contributed by atoms with Crippen molar-refractivity contribution < 1.29 is 9.21 Å². The van der Waals surface area contributed by atoms with E-state index in [1.54, 1.807) is 24.5 Å². The van der Waals surface area contributed by atoms with E-state index in [0.29, 0.717) is 34.6 Å². The lowest BCUT2D eigenvalue weighted by Gasteiger charge is -2.40. The van der Waals surface area contributed by atoms with Gasteiger partial charge in [-0.15, -0.1) is 0 Å². The zero-order chi connectivity index (χ0) is 23.7. The van der Waals surface area contributed by atoms with E-state index in [2.05, 4.69) is 21.9 Å². The Morgan fingerprint density at radius 1 is 1.18 bits per heavy atom. The molecule has 0 unspecified atom stereocenters. The molecule has 2 aromatic carbocycles. The third-order valence-corrected chi connectivity index (χ3v) is 6.87. The van der Waals surface area contributed by atoms with Crippen molar-refractivity contribution in [2.45, 2.75) is 45.6 Å². The molecule has 1 aliphatic rings. The first-order valence-electron chi connectivity index (χ1n) is 11.7. The molecule has 1 aliphatic heterocycles. The fourth-order valence-electron chi connectivity index (χ4n) is 4.89. The number of fused-ring (bicyclic) bond motifs is 1. The number of piperidine rings is 1. The first-order valence-corrected chi connectivity index (χ1v) is 12.1. The number of halogens is 1. The molecule has 1 saturated heterocycles. The molecule has 174 valence electrons. The van der Waals surface area contributed by atoms with Gasteiger partial charge in [0.15, 0.2) is 17.3 Å². The van der Waals surface area contributed by atoms with Crippen molar-refractivity contribution in [3.63, 3.8) is 0 Å². The van der Waals surface area contributed by atoms with Crippen molar-refractivity contribution in [1.82, 2.24) is 19.9 Å². The molecule has 3 heterocycles. The Morgan fingerprint density at radius 2 is 2.00 bits per heavy atom. The lowest BCUT2D eigenvalue weighted by atomic mass is 9.87. The molecule has 0 aliphatic carbocycles. The molecule has 0 saturated carbocycles. The number of carbonyl (C=O) groups excluding carboxylic acids is 1. The van der Waals surface area contributed by atoms with Crippen LogP contribution in [0.4, 0.5) is 0 Å². The molecular formula is C27H27ClN4O2. The summed E-state index contributed by atoms with van der Waals surface area (Å²) in [5.74, 6) is 1.67. The van der Waals surface area contributed by atoms with Crippen LogP contribution < -0.4 is 0 Å². The molecule has 1 fully saturated rings. The minimum atomic E-state index is 0.0343. The fourth-order valence-corrected chi connectivity index (χ4v) is 5.06. The Labute approximate surface area is 204 Å². The highest BCUT2D eigenvalue weighted by molar-refractivity contribution is 6.31. The molecule has 1 amide bonds. The lowest BCUT2D eigenvalue weighted by Crippen LogP contribution is -2.48. The summed E-state index contributed by atoms with van der Waals surface area (Å²) in [5, 5.41) is 0.640. The third kappa shape index (κ3) is 4.55. The van der Waals surface area contributed by atoms with Crippen molar-refractivity contribution in [3.8, 4) is 11.4 Å². The van der Waals surface area contributed by atoms with Crippen LogP contribution in [0.15, 0.2) is 59.3 Å². The minimum absolute atomic E-state index is 0.0343. The quantitative estimate of drug-likeness (QED) is 0.348. The maximum Gasteiger partial charge on any atom is 0.254 e. The first kappa shape index (κ1) is 22.5. The average Bonchev–Trinajstić information content (AvgIpc) is 3.25. The van der Waals surface area contributed by atoms with Gasteiger partial charge < -0.3 is 9.32 Å². The summed E-state index contributed by atoms with van der Waals surface area (Å²) >= 11 is 6.09. The van der Waals surface area contributed by atoms with Crippen molar-refractivity contribution in [2.75, 3.05) is 6.54 Å². The number of benzene rings is 2. The van der Waals surface area contributed by atoms with Crippen molar-refractivity contribution in [1.29, 1.82) is 0 Å². The van der Waals surface area contributed by atoms with Crippen LogP contribution in [-0.4, -0.2) is 38.3 Å². The molecule has 0 bridgehead atoms. The van der Waals surface area contributed by atoms with Gasteiger partial charge in [0.25, 0.3) is 5.91 Å². The van der Waals surface area contributed by atoms with Gasteiger partial charge >= 0.3 is 0 Å². The molecule has 7 heteroatoms. The number of likely N-dealkylation sites (tertiary alicyclic amines) is 1. The summed E-state index contributed by atoms with van der Waals surface area (Å²) in [6.45, 7) is 4.97. The molecular weight excluding hydrogens is 448 g/mol. The van der Waals surface area contributed by atoms with Crippen LogP contribution in [0.1, 0.15) is 48.0 Å². The van der Waals surface area contributed by atoms with Gasteiger partial charge in [0.1, 0.15) is 5.52 Å². The van der Waals surface area contributed by atoms with Crippen LogP contribution in [0.3, 0.4) is 0 Å². The molecule has 34 heavy (non-hydrogen) atoms. The zero-order valence-electron chi connectivity index (χ0n) is 19.4. The molecule has 0 N–H and O–H groups in total. The van der Waals surface area contributed by atoms with Gasteiger partial charge in [-0.1, -0.05) is 36.2 Å². The van der Waals surface area contributed by atoms with E-state index in [1.165, 1.54) is 0 Å². The summed E-state index contributed by atoms with van der Waals surface area (Å²) < 4.78 is 5.93. The van der Waals surface area contributed by atoms with Crippen LogP contribution in [0.5, 0.6) is 0 Å². The van der Waals surface area contributed by atoms with Crippen molar-refractivity contribution in [2.24, 2.45) is 5.92 Å². The summed E-state index contributed by atoms with van der Waals surface area (Å²) in [6.07, 6.45) is 6.95. The van der Waals surface area contributed by atoms with Crippen LogP contribution in [-0.2, 0) is 6.42 Å². The fraction of sp³-hybridized carbons (Fsp3) is 0.333. The topological polar surface area (TPSA) is 72.1 Å². The van der Waals surface area contributed by atoms with E-state index >= 15 is 0 Å². The Morgan fingerprint density at radius 3 is 2.82 bits per heavy atom. The molecule has 5 rings (SSSR count). The second-order valence-corrected chi connectivity index (χ2v) is 9.50. The lowest BCUT2D eigenvalue weighted by molar-refractivity contribution is 0.0496. The second kappa shape index (κ2) is 9.55. The predicted molar refractivity (Wildman–Crippen MR) is 133 cm³/mol. The molecule has 4 aromatic rings. The Bertz CT molecular complexity index is 1320. The number of nitrogens with zero attached hydrogens (tertiary/aromatic N) is 4. The Hall–Kier alpha value is -3.25. The smallest absolute Gasteiger partial charge is 0.254 e. The van der Waals surface area contributed by atoms with E-state index in [9.17, 15) is 4.79 Å². The second-order valence-electron chi connectivity index (χ2n) is 9.07. The van der Waals surface area contributed by atoms with Crippen molar-refractivity contribution in [3.05, 3.63) is 76.9 Å². The Balaban J connectivity index is 1.41. The van der Waals surface area contributed by atoms with Gasteiger partial charge in [0, 0.05) is 42.0 Å². The maximum atomic E-state index is 13.9. The van der Waals surface area contributed by atoms with Gasteiger partial charge in [-0.25, -0.2) is 15.0 Å². The van der Waals surface area contributed by atoms with Gasteiger partial charge in [-0.3, -0.25) is 4.79 Å². The highest BCUT2D eigenvalue weighted by Gasteiger charge is 2.33. The summed E-state index contributed by atoms with van der Waals surface area (Å²) in [5.41, 5.74) is 3.95. The van der Waals surface area contributed by atoms with E-state index in [0.717, 1.165) is 48.0 Å². The number of rotatable bonds is 5.